The number of nitrogens with zero attached hydrogens (tertiary/aromatic N) is 3. The van der Waals surface area contributed by atoms with Crippen molar-refractivity contribution in [1.82, 2.24) is 25.3 Å². The van der Waals surface area contributed by atoms with Crippen LogP contribution in [0, 0.1) is 47.3 Å². The molecule has 2 aromatic rings. The van der Waals surface area contributed by atoms with Gasteiger partial charge in [0.15, 0.2) is 5.78 Å². The highest BCUT2D eigenvalue weighted by Crippen LogP contribution is 2.33. The Labute approximate surface area is 612 Å². The molecule has 1 fully saturated rings. The number of rotatable bonds is 56. The molecule has 27 heteroatoms. The number of likely N-dealkylation sites (tertiary alicyclic amines) is 1. The lowest BCUT2D eigenvalue weighted by Crippen LogP contribution is -2.54. The van der Waals surface area contributed by atoms with E-state index >= 15 is 0 Å². The van der Waals surface area contributed by atoms with Crippen LogP contribution in [-0.4, -0.2) is 237 Å². The molecule has 103 heavy (non-hydrogen) atoms. The van der Waals surface area contributed by atoms with Gasteiger partial charge in [0.05, 0.1) is 122 Å². The molecular weight excluding hydrogens is 1330 g/mol. The van der Waals surface area contributed by atoms with Crippen LogP contribution in [0.2, 0.25) is 0 Å². The molecule has 27 nitrogen and oxygen atoms in total. The lowest BCUT2D eigenvalue weighted by molar-refractivity contribution is -0.149. The number of primary amides is 1. The summed E-state index contributed by atoms with van der Waals surface area (Å²) in [5.41, 5.74) is 12.6. The number of urea groups is 1. The minimum atomic E-state index is -1.06. The second-order valence-corrected chi connectivity index (χ2v) is 27.9. The highest BCUT2D eigenvalue weighted by Gasteiger charge is 2.44. The van der Waals surface area contributed by atoms with Gasteiger partial charge in [-0.15, -0.1) is 0 Å². The van der Waals surface area contributed by atoms with Gasteiger partial charge in [0.1, 0.15) is 12.4 Å². The summed E-state index contributed by atoms with van der Waals surface area (Å²) in [6.45, 7) is 23.1. The molecule has 1 saturated heterocycles. The molecule has 0 bridgehead atoms. The quantitative estimate of drug-likeness (QED) is 0.0345. The molecule has 0 aromatic heterocycles. The van der Waals surface area contributed by atoms with Crippen LogP contribution in [0.4, 0.5) is 15.3 Å². The Kier molecular flexibility index (Phi) is 44.6. The first kappa shape index (κ1) is 90.5. The summed E-state index contributed by atoms with van der Waals surface area (Å²) in [6, 6.07) is 13.1. The van der Waals surface area contributed by atoms with Gasteiger partial charge in [0.25, 0.3) is 0 Å². The first-order chi connectivity index (χ1) is 49.2. The van der Waals surface area contributed by atoms with E-state index in [1.807, 2.05) is 85.7 Å². The van der Waals surface area contributed by atoms with Gasteiger partial charge in [0.2, 0.25) is 23.6 Å². The number of anilines is 1. The highest BCUT2D eigenvalue weighted by molar-refractivity contribution is 5.93. The Morgan fingerprint density at radius 3 is 1.75 bits per heavy atom. The van der Waals surface area contributed by atoms with E-state index in [0.717, 1.165) is 5.56 Å². The number of carbonyl (C=O) groups is 9. The van der Waals surface area contributed by atoms with Crippen LogP contribution in [0.3, 0.4) is 0 Å². The number of benzene rings is 2. The first-order valence-corrected chi connectivity index (χ1v) is 36.9. The second-order valence-electron chi connectivity index (χ2n) is 27.9. The maximum absolute atomic E-state index is 14.9. The lowest BCUT2D eigenvalue weighted by atomic mass is 9.83. The number of aliphatic carboxylic acids is 1. The lowest BCUT2D eigenvalue weighted by Gasteiger charge is -2.41. The van der Waals surface area contributed by atoms with Gasteiger partial charge >= 0.3 is 18.1 Å². The van der Waals surface area contributed by atoms with Crippen molar-refractivity contribution in [3.8, 4) is 0 Å². The van der Waals surface area contributed by atoms with Gasteiger partial charge in [0, 0.05) is 96.7 Å². The average molecular weight is 1460 g/mol. The van der Waals surface area contributed by atoms with Crippen LogP contribution < -0.4 is 27.4 Å². The van der Waals surface area contributed by atoms with Gasteiger partial charge in [-0.25, -0.2) is 9.59 Å². The molecule has 0 unspecified atom stereocenters. The van der Waals surface area contributed by atoms with Crippen LogP contribution in [0.25, 0.3) is 0 Å². The number of carboxylic acid groups (broad SMARTS) is 1. The van der Waals surface area contributed by atoms with E-state index in [0.29, 0.717) is 142 Å². The number of carboxylic acids is 1. The molecule has 584 valence electrons. The van der Waals surface area contributed by atoms with Crippen molar-refractivity contribution in [3.05, 3.63) is 65.7 Å². The topological polar surface area (TPSA) is 355 Å². The normalized spacial score (nSPS) is 16.0. The van der Waals surface area contributed by atoms with Crippen molar-refractivity contribution in [2.45, 2.75) is 182 Å². The number of methoxy groups -OCH3 is 2. The third-order valence-electron chi connectivity index (χ3n) is 19.2. The summed E-state index contributed by atoms with van der Waals surface area (Å²) < 4.78 is 50.7. The van der Waals surface area contributed by atoms with Crippen LogP contribution in [0.5, 0.6) is 0 Å². The van der Waals surface area contributed by atoms with E-state index in [1.54, 1.807) is 48.0 Å². The van der Waals surface area contributed by atoms with Gasteiger partial charge in [-0.2, -0.15) is 0 Å². The molecule has 1 aliphatic rings. The van der Waals surface area contributed by atoms with Crippen LogP contribution in [0.15, 0.2) is 54.6 Å². The van der Waals surface area contributed by atoms with E-state index < -0.39 is 72.1 Å². The number of hydrogen-bond donors (Lipinski definition) is 6. The molecule has 0 saturated carbocycles. The van der Waals surface area contributed by atoms with Crippen molar-refractivity contribution < 1.29 is 90.9 Å². The summed E-state index contributed by atoms with van der Waals surface area (Å²) in [4.78, 5) is 127. The molecule has 7 amide bonds. The van der Waals surface area contributed by atoms with E-state index in [-0.39, 0.29) is 117 Å². The van der Waals surface area contributed by atoms with Crippen molar-refractivity contribution in [2.75, 3.05) is 133 Å². The zero-order valence-electron chi connectivity index (χ0n) is 63.9. The molecule has 8 N–H and O–H groups in total. The van der Waals surface area contributed by atoms with E-state index in [4.69, 9.17) is 54.1 Å². The Morgan fingerprint density at radius 1 is 0.650 bits per heavy atom. The third kappa shape index (κ3) is 33.5. The van der Waals surface area contributed by atoms with Crippen molar-refractivity contribution in [2.24, 2.45) is 58.8 Å². The van der Waals surface area contributed by atoms with Gasteiger partial charge in [-0.1, -0.05) is 111 Å². The number of carbonyl (C=O) groups excluding carboxylic acids is 8. The summed E-state index contributed by atoms with van der Waals surface area (Å²) in [5.74, 6) is -6.34. The molecule has 1 heterocycles. The van der Waals surface area contributed by atoms with E-state index in [9.17, 15) is 48.3 Å². The van der Waals surface area contributed by atoms with Crippen LogP contribution in [-0.2, 0) is 89.2 Å². The number of likely N-dealkylation sites (N-methyl/N-ethyl adjacent to an activating group) is 2. The number of ether oxygens (including phenoxy) is 9. The smallest absolute Gasteiger partial charge is 0.410 e. The molecule has 0 spiro atoms. The largest absolute Gasteiger partial charge is 0.481 e. The van der Waals surface area contributed by atoms with Crippen LogP contribution >= 0.6 is 0 Å². The third-order valence-corrected chi connectivity index (χ3v) is 19.2. The Hall–Kier alpha value is -6.69. The molecule has 0 aliphatic carbocycles. The summed E-state index contributed by atoms with van der Waals surface area (Å²) in [6.07, 6.45) is 1.39. The Morgan fingerprint density at radius 2 is 1.23 bits per heavy atom. The molecule has 3 rings (SSSR count). The fraction of sp³-hybridized carbons (Fsp3) is 0.724. The summed E-state index contributed by atoms with van der Waals surface area (Å²) in [5, 5.41) is 18.8. The number of Topliss-reactive ketones (excluding diaryl/α,β-unsaturated/α-hetero) is 2. The van der Waals surface area contributed by atoms with E-state index in [1.165, 1.54) is 26.2 Å². The van der Waals surface area contributed by atoms with Gasteiger partial charge < -0.3 is 89.9 Å². The fourth-order valence-corrected chi connectivity index (χ4v) is 13.1. The summed E-state index contributed by atoms with van der Waals surface area (Å²) in [7, 11) is 6.18. The predicted octanol–water partition coefficient (Wildman–Crippen LogP) is 7.71. The molecule has 0 radical (unpaired) electrons. The number of amides is 7. The summed E-state index contributed by atoms with van der Waals surface area (Å²) >= 11 is 0. The minimum Gasteiger partial charge on any atom is -0.481 e. The SMILES string of the molecule is CC[C@H](C)[C@@H]([C@@H](CC(=O)N1CCC[C@H]1[C@H](OC)[C@@H](C)C(=O)C[C@@H](Cc1ccccc1)C(=O)O)OC)N(C)C(=O)[C@@H](CC(=O)[C@H](C(C)C)N(C)C(=O)OCc1ccc(NC(=O)[C@H](CCCNC(N)=O)CC[C@@H](NC(=O)CCOCCOCCOCCOCCOCCOCCN)C(C)C)cc1)C(C)C. The number of nitrogens with two attached hydrogens (primary N) is 2. The number of hydrogen-bond acceptors (Lipinski definition) is 19. The maximum atomic E-state index is 14.9. The molecule has 2 aromatic carbocycles. The van der Waals surface area contributed by atoms with Crippen molar-refractivity contribution in [3.63, 3.8) is 0 Å². The molecular formula is C76H126N8O19. The van der Waals surface area contributed by atoms with Gasteiger partial charge in [-0.3, -0.25) is 33.6 Å². The zero-order chi connectivity index (χ0) is 76.4. The Bertz CT molecular complexity index is 2800. The maximum Gasteiger partial charge on any atom is 0.410 e. The predicted molar refractivity (Wildman–Crippen MR) is 392 cm³/mol. The van der Waals surface area contributed by atoms with Gasteiger partial charge in [-0.05, 0) is 91.9 Å². The Balaban J connectivity index is 1.57. The van der Waals surface area contributed by atoms with Crippen molar-refractivity contribution in [1.29, 1.82) is 0 Å². The molecule has 11 atom stereocenters. The average Bonchev–Trinajstić information content (AvgIpc) is 1.52. The van der Waals surface area contributed by atoms with Crippen LogP contribution in [0.1, 0.15) is 144 Å². The van der Waals surface area contributed by atoms with Crippen molar-refractivity contribution >= 4 is 59.0 Å². The minimum absolute atomic E-state index is 0.0555. The monoisotopic (exact) mass is 1450 g/mol. The zero-order valence-corrected chi connectivity index (χ0v) is 63.9. The fourth-order valence-electron chi connectivity index (χ4n) is 13.1. The van der Waals surface area contributed by atoms with E-state index in [2.05, 4.69) is 16.0 Å². The highest BCUT2D eigenvalue weighted by atomic mass is 16.6. The molecule has 1 aliphatic heterocycles. The first-order valence-electron chi connectivity index (χ1n) is 36.9. The second kappa shape index (κ2) is 50.7. The standard InChI is InChI=1S/C76H126N8O19/c1-14-54(8)70(66(95-12)49-68(88)84-33-19-23-63(84)71(96-13)55(9)64(85)47-59(74(91)92)46-56-20-16-15-17-21-56)82(10)73(90)61(51(2)3)48-65(86)69(53(6)7)83(11)76(94)103-50-57-24-27-60(28-25-57)80-72(89)58(22-18-32-79-75(78)93)26-29-62(52(4)5)81-67(87)30-34-97-36-38-99-40-42-101-44-45-102-43-41-100-39-37-98-35-31-77/h15-17,20-21,24-25,27-28,51-55,58-59,61-63,66,69-71H,14,18-19,22-23,26,29-50,77H2,1-13H3,(H,80,89)(H,81,87)(H,91,92)(H3,78,79,93)/t54-,55-,58+,59+,61-,62+,63-,66+,69-,70-,71+/m0/s1. The number of nitrogens with one attached hydrogen (secondary N) is 3. The number of ketones is 2.